The monoisotopic (exact) mass is 294 g/mol. The number of hydrogen-bond donors (Lipinski definition) is 1. The number of benzene rings is 1. The van der Waals surface area contributed by atoms with Gasteiger partial charge in [-0.3, -0.25) is 0 Å². The maximum atomic E-state index is 6.19. The largest absolute Gasteiger partial charge is 0.481 e. The normalized spacial score (nSPS) is 16.3. The molecular formula is C16H23ClN2O. The third kappa shape index (κ3) is 4.57. The fourth-order valence-electron chi connectivity index (χ4n) is 1.93. The quantitative estimate of drug-likeness (QED) is 0.285. The lowest BCUT2D eigenvalue weighted by atomic mass is 9.96. The molecule has 20 heavy (non-hydrogen) atoms. The number of methoxy groups -OCH3 is 1. The molecule has 0 saturated carbocycles. The molecular weight excluding hydrogens is 272 g/mol. The maximum absolute atomic E-state index is 6.19. The number of nitrogens with two attached hydrogens (primary N) is 1. The number of nitrogens with zero attached hydrogens (tertiary/aromatic N) is 1. The average molecular weight is 295 g/mol. The second kappa shape index (κ2) is 7.95. The summed E-state index contributed by atoms with van der Waals surface area (Å²) in [5, 5.41) is 0.0302. The summed E-state index contributed by atoms with van der Waals surface area (Å²) in [6.45, 7) is 7.85. The molecule has 0 fully saturated rings. The molecule has 1 rings (SSSR count). The molecule has 0 aliphatic carbocycles. The van der Waals surface area contributed by atoms with E-state index in [4.69, 9.17) is 27.1 Å². The van der Waals surface area contributed by atoms with Crippen molar-refractivity contribution in [2.75, 3.05) is 12.8 Å². The first kappa shape index (κ1) is 16.6. The zero-order valence-electron chi connectivity index (χ0n) is 12.3. The molecule has 1 aromatic rings. The van der Waals surface area contributed by atoms with Crippen molar-refractivity contribution in [3.05, 3.63) is 42.5 Å². The standard InChI is InChI=1S/C16H23ClN2O/c1-5-7-15(11(2)12(3)17)19-16(20-4)13-8-6-9-14(18)10-13/h5-6,8-12,15H,1,7,18H2,2-4H3/t11-,12?,15-/m1/s1. The van der Waals surface area contributed by atoms with E-state index in [1.54, 1.807) is 7.11 Å². The fraction of sp³-hybridized carbons (Fsp3) is 0.438. The number of hydrogen-bond acceptors (Lipinski definition) is 3. The highest BCUT2D eigenvalue weighted by Crippen LogP contribution is 2.21. The van der Waals surface area contributed by atoms with Gasteiger partial charge in [0.2, 0.25) is 5.90 Å². The zero-order chi connectivity index (χ0) is 15.1. The first-order chi connectivity index (χ1) is 9.49. The third-order valence-corrected chi connectivity index (χ3v) is 3.75. The van der Waals surface area contributed by atoms with E-state index in [1.165, 1.54) is 0 Å². The molecule has 2 N–H and O–H groups in total. The van der Waals surface area contributed by atoms with Gasteiger partial charge in [0.1, 0.15) is 0 Å². The minimum atomic E-state index is 0.0302. The van der Waals surface area contributed by atoms with Crippen molar-refractivity contribution in [1.82, 2.24) is 0 Å². The van der Waals surface area contributed by atoms with Crippen molar-refractivity contribution >= 4 is 23.2 Å². The number of nitrogen functional groups attached to an aromatic ring is 1. The Morgan fingerprint density at radius 2 is 2.20 bits per heavy atom. The number of alkyl halides is 1. The Hall–Kier alpha value is -1.48. The van der Waals surface area contributed by atoms with Gasteiger partial charge in [-0.05, 0) is 37.5 Å². The van der Waals surface area contributed by atoms with Crippen LogP contribution in [0.3, 0.4) is 0 Å². The van der Waals surface area contributed by atoms with Crippen molar-refractivity contribution < 1.29 is 4.74 Å². The highest BCUT2D eigenvalue weighted by atomic mass is 35.5. The van der Waals surface area contributed by atoms with Crippen molar-refractivity contribution in [3.8, 4) is 0 Å². The van der Waals surface area contributed by atoms with Crippen LogP contribution in [-0.2, 0) is 4.74 Å². The number of halogens is 1. The molecule has 0 radical (unpaired) electrons. The molecule has 0 spiro atoms. The molecule has 3 nitrogen and oxygen atoms in total. The van der Waals surface area contributed by atoms with Crippen LogP contribution in [0, 0.1) is 5.92 Å². The molecule has 4 heteroatoms. The molecule has 3 atom stereocenters. The van der Waals surface area contributed by atoms with Crippen LogP contribution in [-0.4, -0.2) is 24.4 Å². The maximum Gasteiger partial charge on any atom is 0.216 e. The van der Waals surface area contributed by atoms with Gasteiger partial charge < -0.3 is 10.5 Å². The van der Waals surface area contributed by atoms with Gasteiger partial charge in [-0.25, -0.2) is 4.99 Å². The predicted octanol–water partition coefficient (Wildman–Crippen LogP) is 3.87. The molecule has 0 amide bonds. The van der Waals surface area contributed by atoms with Crippen molar-refractivity contribution in [2.45, 2.75) is 31.7 Å². The fourth-order valence-corrected chi connectivity index (χ4v) is 2.10. The van der Waals surface area contributed by atoms with Crippen LogP contribution < -0.4 is 5.73 Å². The molecule has 110 valence electrons. The summed E-state index contributed by atoms with van der Waals surface area (Å²) in [7, 11) is 1.61. The summed E-state index contributed by atoms with van der Waals surface area (Å²) in [5.41, 5.74) is 7.36. The number of anilines is 1. The molecule has 0 saturated heterocycles. The Bertz CT molecular complexity index is 471. The smallest absolute Gasteiger partial charge is 0.216 e. The molecule has 1 aromatic carbocycles. The topological polar surface area (TPSA) is 47.6 Å². The van der Waals surface area contributed by atoms with Crippen LogP contribution in [0.25, 0.3) is 0 Å². The van der Waals surface area contributed by atoms with Gasteiger partial charge in [0.25, 0.3) is 0 Å². The Balaban J connectivity index is 3.08. The van der Waals surface area contributed by atoms with E-state index in [2.05, 4.69) is 13.5 Å². The van der Waals surface area contributed by atoms with Gasteiger partial charge in [-0.2, -0.15) is 0 Å². The highest BCUT2D eigenvalue weighted by molar-refractivity contribution is 6.20. The van der Waals surface area contributed by atoms with E-state index in [1.807, 2.05) is 37.3 Å². The highest BCUT2D eigenvalue weighted by Gasteiger charge is 2.21. The van der Waals surface area contributed by atoms with Crippen LogP contribution in [0.4, 0.5) is 5.69 Å². The van der Waals surface area contributed by atoms with Crippen molar-refractivity contribution in [1.29, 1.82) is 0 Å². The van der Waals surface area contributed by atoms with Gasteiger partial charge in [0.15, 0.2) is 0 Å². The number of rotatable bonds is 6. The first-order valence-corrected chi connectivity index (χ1v) is 7.15. The summed E-state index contributed by atoms with van der Waals surface area (Å²) >= 11 is 6.19. The minimum absolute atomic E-state index is 0.0302. The van der Waals surface area contributed by atoms with Gasteiger partial charge in [-0.1, -0.05) is 19.1 Å². The van der Waals surface area contributed by atoms with Crippen LogP contribution >= 0.6 is 11.6 Å². The van der Waals surface area contributed by atoms with Gasteiger partial charge in [0, 0.05) is 16.6 Å². The number of aliphatic imine (C=N–C) groups is 1. The minimum Gasteiger partial charge on any atom is -0.481 e. The second-order valence-corrected chi connectivity index (χ2v) is 5.58. The SMILES string of the molecule is C=CC[C@@H](N=C(OC)c1cccc(N)c1)[C@H](C)C(C)Cl. The van der Waals surface area contributed by atoms with Crippen LogP contribution in [0.2, 0.25) is 0 Å². The average Bonchev–Trinajstić information content (AvgIpc) is 2.42. The van der Waals surface area contributed by atoms with Gasteiger partial charge in [0.05, 0.1) is 13.2 Å². The zero-order valence-corrected chi connectivity index (χ0v) is 13.1. The molecule has 0 heterocycles. The summed E-state index contributed by atoms with van der Waals surface area (Å²) in [6.07, 6.45) is 2.62. The Morgan fingerprint density at radius 3 is 2.70 bits per heavy atom. The van der Waals surface area contributed by atoms with E-state index in [9.17, 15) is 0 Å². The molecule has 1 unspecified atom stereocenters. The summed E-state index contributed by atoms with van der Waals surface area (Å²) in [4.78, 5) is 4.70. The van der Waals surface area contributed by atoms with E-state index in [0.717, 1.165) is 12.0 Å². The second-order valence-electron chi connectivity index (χ2n) is 4.89. The first-order valence-electron chi connectivity index (χ1n) is 6.72. The lowest BCUT2D eigenvalue weighted by Crippen LogP contribution is -2.24. The summed E-state index contributed by atoms with van der Waals surface area (Å²) in [6, 6.07) is 7.54. The lowest BCUT2D eigenvalue weighted by molar-refractivity contribution is 0.384. The summed E-state index contributed by atoms with van der Waals surface area (Å²) < 4.78 is 5.42. The van der Waals surface area contributed by atoms with E-state index >= 15 is 0 Å². The Labute approximate surface area is 126 Å². The van der Waals surface area contributed by atoms with E-state index in [0.29, 0.717) is 11.6 Å². The van der Waals surface area contributed by atoms with Crippen LogP contribution in [0.5, 0.6) is 0 Å². The molecule has 0 bridgehead atoms. The van der Waals surface area contributed by atoms with Gasteiger partial charge >= 0.3 is 0 Å². The van der Waals surface area contributed by atoms with Crippen LogP contribution in [0.1, 0.15) is 25.8 Å². The van der Waals surface area contributed by atoms with Gasteiger partial charge in [-0.15, -0.1) is 18.2 Å². The molecule has 0 aromatic heterocycles. The Morgan fingerprint density at radius 1 is 1.50 bits per heavy atom. The Kier molecular flexibility index (Phi) is 6.59. The summed E-state index contributed by atoms with van der Waals surface area (Å²) in [5.74, 6) is 0.800. The lowest BCUT2D eigenvalue weighted by Gasteiger charge is -2.22. The predicted molar refractivity (Wildman–Crippen MR) is 87.5 cm³/mol. The van der Waals surface area contributed by atoms with Crippen molar-refractivity contribution in [3.63, 3.8) is 0 Å². The van der Waals surface area contributed by atoms with Crippen molar-refractivity contribution in [2.24, 2.45) is 10.9 Å². The van der Waals surface area contributed by atoms with E-state index < -0.39 is 0 Å². The third-order valence-electron chi connectivity index (χ3n) is 3.35. The van der Waals surface area contributed by atoms with E-state index in [-0.39, 0.29) is 17.3 Å². The number of ether oxygens (including phenoxy) is 1. The van der Waals surface area contributed by atoms with Crippen LogP contribution in [0.15, 0.2) is 41.9 Å². The molecule has 0 aliphatic heterocycles. The molecule has 0 aliphatic rings.